The molecule has 0 aromatic rings. The van der Waals surface area contributed by atoms with Crippen LogP contribution in [-0.4, -0.2) is 31.1 Å². The summed E-state index contributed by atoms with van der Waals surface area (Å²) in [4.78, 5) is 2.25. The van der Waals surface area contributed by atoms with E-state index in [4.69, 9.17) is 5.73 Å². The first-order valence-electron chi connectivity index (χ1n) is 2.73. The molecule has 7 heavy (non-hydrogen) atoms. The number of hydrogen-bond acceptors (Lipinski definition) is 2. The van der Waals surface area contributed by atoms with Crippen molar-refractivity contribution < 1.29 is 1.43 Å². The Balaban J connectivity index is 0.000000490. The normalized spacial score (nSPS) is 34.3. The van der Waals surface area contributed by atoms with Crippen molar-refractivity contribution in [2.24, 2.45) is 5.73 Å². The van der Waals surface area contributed by atoms with E-state index in [-0.39, 0.29) is 1.43 Å². The average molecular weight is 102 g/mol. The van der Waals surface area contributed by atoms with Gasteiger partial charge in [0.15, 0.2) is 0 Å². The van der Waals surface area contributed by atoms with Gasteiger partial charge in [-0.25, -0.2) is 0 Å². The molecular weight excluding hydrogens is 88.1 g/mol. The van der Waals surface area contributed by atoms with E-state index in [0.29, 0.717) is 6.04 Å². The maximum atomic E-state index is 5.58. The smallest absolute Gasteiger partial charge is 0.0179 e. The van der Waals surface area contributed by atoms with E-state index < -0.39 is 0 Å². The molecule has 0 aromatic carbocycles. The molecule has 1 aliphatic rings. The van der Waals surface area contributed by atoms with Crippen LogP contribution < -0.4 is 5.73 Å². The summed E-state index contributed by atoms with van der Waals surface area (Å²) in [6.45, 7) is 2.27. The van der Waals surface area contributed by atoms with E-state index in [9.17, 15) is 0 Å². The van der Waals surface area contributed by atoms with Crippen molar-refractivity contribution >= 4 is 0 Å². The van der Waals surface area contributed by atoms with Crippen molar-refractivity contribution in [3.8, 4) is 0 Å². The highest BCUT2D eigenvalue weighted by Crippen LogP contribution is 2.01. The van der Waals surface area contributed by atoms with Gasteiger partial charge in [0.2, 0.25) is 0 Å². The van der Waals surface area contributed by atoms with Gasteiger partial charge < -0.3 is 10.6 Å². The topological polar surface area (TPSA) is 29.3 Å². The fourth-order valence-corrected chi connectivity index (χ4v) is 0.969. The second-order valence-electron chi connectivity index (χ2n) is 2.31. The van der Waals surface area contributed by atoms with Crippen molar-refractivity contribution in [1.29, 1.82) is 0 Å². The summed E-state index contributed by atoms with van der Waals surface area (Å²) in [7, 11) is 2.10. The minimum Gasteiger partial charge on any atom is -0.326 e. The maximum absolute atomic E-state index is 5.58. The molecule has 0 bridgehead atoms. The van der Waals surface area contributed by atoms with Gasteiger partial charge in [-0.2, -0.15) is 0 Å². The fourth-order valence-electron chi connectivity index (χ4n) is 0.969. The minimum atomic E-state index is 0. The van der Waals surface area contributed by atoms with E-state index >= 15 is 0 Å². The third kappa shape index (κ3) is 1.14. The Hall–Kier alpha value is -0.0800. The summed E-state index contributed by atoms with van der Waals surface area (Å²) in [5.41, 5.74) is 5.58. The molecule has 0 spiro atoms. The first-order valence-corrected chi connectivity index (χ1v) is 2.73. The van der Waals surface area contributed by atoms with Crippen LogP contribution in [-0.2, 0) is 0 Å². The van der Waals surface area contributed by atoms with Gasteiger partial charge in [-0.15, -0.1) is 0 Å². The second-order valence-corrected chi connectivity index (χ2v) is 2.31. The van der Waals surface area contributed by atoms with Crippen molar-refractivity contribution in [2.45, 2.75) is 12.5 Å². The monoisotopic (exact) mass is 102 g/mol. The Kier molecular flexibility index (Phi) is 1.30. The van der Waals surface area contributed by atoms with Gasteiger partial charge in [0.1, 0.15) is 0 Å². The zero-order valence-corrected chi connectivity index (χ0v) is 4.72. The highest BCUT2D eigenvalue weighted by molar-refractivity contribution is 4.74. The molecule has 44 valence electrons. The predicted octanol–water partition coefficient (Wildman–Crippen LogP) is -0.105. The number of likely N-dealkylation sites (tertiary alicyclic amines) is 1. The molecule has 0 saturated carbocycles. The lowest BCUT2D eigenvalue weighted by atomic mass is 10.3. The molecule has 0 radical (unpaired) electrons. The lowest BCUT2D eigenvalue weighted by Gasteiger charge is -2.03. The van der Waals surface area contributed by atoms with Gasteiger partial charge in [-0.05, 0) is 20.0 Å². The molecule has 1 aliphatic heterocycles. The molecule has 0 amide bonds. The fraction of sp³-hybridized carbons (Fsp3) is 1.00. The number of nitrogens with two attached hydrogens (primary N) is 1. The van der Waals surface area contributed by atoms with Gasteiger partial charge >= 0.3 is 0 Å². The molecule has 2 nitrogen and oxygen atoms in total. The quantitative estimate of drug-likeness (QED) is 0.462. The molecule has 2 N–H and O–H groups in total. The molecule has 1 atom stereocenters. The summed E-state index contributed by atoms with van der Waals surface area (Å²) in [6, 6.07) is 0.449. The van der Waals surface area contributed by atoms with Crippen LogP contribution in [0.2, 0.25) is 0 Å². The van der Waals surface area contributed by atoms with Gasteiger partial charge in [0.25, 0.3) is 0 Å². The maximum Gasteiger partial charge on any atom is 0.0179 e. The summed E-state index contributed by atoms with van der Waals surface area (Å²) >= 11 is 0. The van der Waals surface area contributed by atoms with Gasteiger partial charge in [-0.3, -0.25) is 0 Å². The Bertz CT molecular complexity index is 59.4. The van der Waals surface area contributed by atoms with Crippen LogP contribution in [0.4, 0.5) is 0 Å². The first-order chi connectivity index (χ1) is 3.29. The number of likely N-dealkylation sites (N-methyl/N-ethyl adjacent to an activating group) is 1. The van der Waals surface area contributed by atoms with Crippen molar-refractivity contribution in [1.82, 2.24) is 4.90 Å². The lowest BCUT2D eigenvalue weighted by Crippen LogP contribution is -2.23. The van der Waals surface area contributed by atoms with Gasteiger partial charge in [0.05, 0.1) is 0 Å². The lowest BCUT2D eigenvalue weighted by molar-refractivity contribution is 0.411. The molecule has 1 rings (SSSR count). The summed E-state index contributed by atoms with van der Waals surface area (Å²) < 4.78 is 0. The predicted molar refractivity (Wildman–Crippen MR) is 32.2 cm³/mol. The van der Waals surface area contributed by atoms with Gasteiger partial charge in [0, 0.05) is 14.0 Å². The largest absolute Gasteiger partial charge is 0.326 e. The third-order valence-electron chi connectivity index (χ3n) is 1.43. The van der Waals surface area contributed by atoms with Crippen molar-refractivity contribution in [3.63, 3.8) is 0 Å². The van der Waals surface area contributed by atoms with Crippen LogP contribution in [0.3, 0.4) is 0 Å². The Morgan fingerprint density at radius 2 is 2.57 bits per heavy atom. The van der Waals surface area contributed by atoms with E-state index in [1.54, 1.807) is 0 Å². The number of rotatable bonds is 0. The highest BCUT2D eigenvalue weighted by atomic mass is 15.1. The molecular formula is C5H14N2. The third-order valence-corrected chi connectivity index (χ3v) is 1.43. The molecule has 2 heteroatoms. The van der Waals surface area contributed by atoms with E-state index in [1.165, 1.54) is 13.0 Å². The van der Waals surface area contributed by atoms with Crippen molar-refractivity contribution in [2.75, 3.05) is 20.1 Å². The zero-order valence-electron chi connectivity index (χ0n) is 4.72. The van der Waals surface area contributed by atoms with E-state index in [0.717, 1.165) is 6.54 Å². The van der Waals surface area contributed by atoms with E-state index in [1.807, 2.05) is 0 Å². The Labute approximate surface area is 45.8 Å². The van der Waals surface area contributed by atoms with E-state index in [2.05, 4.69) is 11.9 Å². The Morgan fingerprint density at radius 3 is 2.71 bits per heavy atom. The minimum absolute atomic E-state index is 0. The summed E-state index contributed by atoms with van der Waals surface area (Å²) in [6.07, 6.45) is 1.18. The van der Waals surface area contributed by atoms with Crippen LogP contribution in [0.15, 0.2) is 0 Å². The second kappa shape index (κ2) is 1.80. The number of hydrogen-bond donors (Lipinski definition) is 1. The average Bonchev–Trinajstić information content (AvgIpc) is 1.87. The van der Waals surface area contributed by atoms with Crippen LogP contribution in [0.1, 0.15) is 7.85 Å². The van der Waals surface area contributed by atoms with Crippen LogP contribution >= 0.6 is 0 Å². The Morgan fingerprint density at radius 1 is 1.86 bits per heavy atom. The highest BCUT2D eigenvalue weighted by Gasteiger charge is 2.13. The van der Waals surface area contributed by atoms with Crippen LogP contribution in [0, 0.1) is 0 Å². The summed E-state index contributed by atoms with van der Waals surface area (Å²) in [5, 5.41) is 0. The molecule has 1 saturated heterocycles. The molecule has 0 aromatic heterocycles. The number of nitrogens with zero attached hydrogens (tertiary/aromatic N) is 1. The van der Waals surface area contributed by atoms with Crippen molar-refractivity contribution in [3.05, 3.63) is 0 Å². The standard InChI is InChI=1S/C5H12N2.H2/c1-7-3-2-5(6)4-7;/h5H,2-4,6H2,1H3;1H/t5-;/m1./s1. The summed E-state index contributed by atoms with van der Waals surface area (Å²) in [5.74, 6) is 0. The van der Waals surface area contributed by atoms with Crippen LogP contribution in [0.5, 0.6) is 0 Å². The molecule has 1 heterocycles. The first kappa shape index (κ1) is 5.06. The van der Waals surface area contributed by atoms with Crippen LogP contribution in [0.25, 0.3) is 0 Å². The molecule has 0 unspecified atom stereocenters. The molecule has 0 aliphatic carbocycles. The SMILES string of the molecule is CN1CC[C@@H](N)C1.[HH]. The zero-order chi connectivity index (χ0) is 5.28. The molecule has 1 fully saturated rings. The van der Waals surface area contributed by atoms with Gasteiger partial charge in [-0.1, -0.05) is 0 Å².